The molecule has 0 atom stereocenters. The molecule has 6 heteroatoms. The number of hydrogen-bond donors (Lipinski definition) is 0. The predicted molar refractivity (Wildman–Crippen MR) is 55.7 cm³/mol. The number of piperazine rings is 1. The summed E-state index contributed by atoms with van der Waals surface area (Å²) in [7, 11) is 1.74. The number of rotatable bonds is 1. The molecule has 2 heterocycles. The summed E-state index contributed by atoms with van der Waals surface area (Å²) < 4.78 is 0. The van der Waals surface area contributed by atoms with Crippen LogP contribution in [0, 0.1) is 0 Å². The van der Waals surface area contributed by atoms with Gasteiger partial charge in [0.2, 0.25) is 5.91 Å². The van der Waals surface area contributed by atoms with Gasteiger partial charge in [0.25, 0.3) is 5.91 Å². The quantitative estimate of drug-likeness (QED) is 0.679. The summed E-state index contributed by atoms with van der Waals surface area (Å²) >= 11 is 1.38. The largest absolute Gasteiger partial charge is 0.342 e. The molecular formula is C9H11N3O2S. The van der Waals surface area contributed by atoms with Crippen molar-refractivity contribution in [3.8, 4) is 0 Å². The second-order valence-electron chi connectivity index (χ2n) is 3.42. The number of likely N-dealkylation sites (N-methyl/N-ethyl adjacent to an activating group) is 1. The van der Waals surface area contributed by atoms with E-state index < -0.39 is 0 Å². The Hall–Kier alpha value is -1.43. The van der Waals surface area contributed by atoms with Crippen molar-refractivity contribution >= 4 is 23.2 Å². The van der Waals surface area contributed by atoms with E-state index in [0.29, 0.717) is 18.8 Å². The number of amides is 2. The van der Waals surface area contributed by atoms with Crippen LogP contribution in [-0.4, -0.2) is 53.3 Å². The van der Waals surface area contributed by atoms with Crippen molar-refractivity contribution in [2.45, 2.75) is 0 Å². The lowest BCUT2D eigenvalue weighted by atomic mass is 10.3. The highest BCUT2D eigenvalue weighted by Crippen LogP contribution is 2.08. The van der Waals surface area contributed by atoms with Crippen LogP contribution in [0.1, 0.15) is 10.5 Å². The van der Waals surface area contributed by atoms with Crippen LogP contribution in [0.15, 0.2) is 10.9 Å². The van der Waals surface area contributed by atoms with Crippen molar-refractivity contribution in [1.29, 1.82) is 0 Å². The highest BCUT2D eigenvalue weighted by Gasteiger charge is 2.26. The molecule has 0 aliphatic carbocycles. The maximum atomic E-state index is 11.8. The molecule has 1 aromatic rings. The van der Waals surface area contributed by atoms with Crippen LogP contribution in [0.2, 0.25) is 0 Å². The van der Waals surface area contributed by atoms with Crippen molar-refractivity contribution < 1.29 is 9.59 Å². The monoisotopic (exact) mass is 225 g/mol. The number of thiazole rings is 1. The molecule has 0 bridgehead atoms. The van der Waals surface area contributed by atoms with Gasteiger partial charge in [0.15, 0.2) is 0 Å². The zero-order valence-corrected chi connectivity index (χ0v) is 9.16. The topological polar surface area (TPSA) is 53.5 Å². The Morgan fingerprint density at radius 1 is 1.53 bits per heavy atom. The van der Waals surface area contributed by atoms with Crippen LogP contribution >= 0.6 is 11.3 Å². The van der Waals surface area contributed by atoms with Gasteiger partial charge in [-0.25, -0.2) is 4.98 Å². The van der Waals surface area contributed by atoms with Gasteiger partial charge in [0, 0.05) is 25.5 Å². The molecule has 1 aliphatic rings. The van der Waals surface area contributed by atoms with Crippen LogP contribution in [0.5, 0.6) is 0 Å². The van der Waals surface area contributed by atoms with Gasteiger partial charge < -0.3 is 9.80 Å². The van der Waals surface area contributed by atoms with Gasteiger partial charge >= 0.3 is 0 Å². The molecule has 2 rings (SSSR count). The third-order valence-corrected chi connectivity index (χ3v) is 2.98. The van der Waals surface area contributed by atoms with Crippen molar-refractivity contribution in [3.05, 3.63) is 16.6 Å². The molecule has 0 radical (unpaired) electrons. The maximum absolute atomic E-state index is 11.8. The summed E-state index contributed by atoms with van der Waals surface area (Å²) in [6.07, 6.45) is 0. The van der Waals surface area contributed by atoms with E-state index >= 15 is 0 Å². The van der Waals surface area contributed by atoms with Gasteiger partial charge in [-0.05, 0) is 0 Å². The summed E-state index contributed by atoms with van der Waals surface area (Å²) in [6.45, 7) is 1.33. The zero-order chi connectivity index (χ0) is 10.8. The van der Waals surface area contributed by atoms with Crippen molar-refractivity contribution in [2.75, 3.05) is 26.7 Å². The third-order valence-electron chi connectivity index (χ3n) is 2.40. The Labute approximate surface area is 91.3 Å². The molecule has 1 fully saturated rings. The normalized spacial score (nSPS) is 17.0. The Kier molecular flexibility index (Phi) is 2.68. The predicted octanol–water partition coefficient (Wildman–Crippen LogP) is 0.0573. The molecule has 0 saturated carbocycles. The van der Waals surface area contributed by atoms with Crippen LogP contribution in [0.3, 0.4) is 0 Å². The molecule has 1 aromatic heterocycles. The van der Waals surface area contributed by atoms with Gasteiger partial charge in [-0.2, -0.15) is 0 Å². The van der Waals surface area contributed by atoms with Crippen LogP contribution in [0.4, 0.5) is 0 Å². The summed E-state index contributed by atoms with van der Waals surface area (Å²) in [5.74, 6) is -0.178. The summed E-state index contributed by atoms with van der Waals surface area (Å²) in [6, 6.07) is 0. The molecule has 1 aliphatic heterocycles. The standard InChI is InChI=1S/C9H11N3O2S/c1-11-2-3-12(4-8(11)13)9(14)7-5-15-6-10-7/h5-6H,2-4H2,1H3. The average molecular weight is 225 g/mol. The van der Waals surface area contributed by atoms with E-state index in [4.69, 9.17) is 0 Å². The summed E-state index contributed by atoms with van der Waals surface area (Å²) in [4.78, 5) is 30.3. The van der Waals surface area contributed by atoms with Gasteiger partial charge in [0.1, 0.15) is 12.2 Å². The molecule has 5 nitrogen and oxygen atoms in total. The molecular weight excluding hydrogens is 214 g/mol. The fourth-order valence-electron chi connectivity index (χ4n) is 1.41. The van der Waals surface area contributed by atoms with E-state index in [1.54, 1.807) is 22.8 Å². The highest BCUT2D eigenvalue weighted by atomic mass is 32.1. The molecule has 15 heavy (non-hydrogen) atoms. The molecule has 0 spiro atoms. The van der Waals surface area contributed by atoms with E-state index in [-0.39, 0.29) is 18.4 Å². The summed E-state index contributed by atoms with van der Waals surface area (Å²) in [5, 5.41) is 1.70. The van der Waals surface area contributed by atoms with Crippen molar-refractivity contribution in [3.63, 3.8) is 0 Å². The number of aromatic nitrogens is 1. The Bertz CT molecular complexity index is 377. The Balaban J connectivity index is 2.07. The first kappa shape index (κ1) is 10.1. The SMILES string of the molecule is CN1CCN(C(=O)c2cscn2)CC1=O. The van der Waals surface area contributed by atoms with Gasteiger partial charge in [-0.1, -0.05) is 0 Å². The lowest BCUT2D eigenvalue weighted by molar-refractivity contribution is -0.133. The molecule has 0 N–H and O–H groups in total. The maximum Gasteiger partial charge on any atom is 0.273 e. The smallest absolute Gasteiger partial charge is 0.273 e. The molecule has 2 amide bonds. The number of carbonyl (C=O) groups excluding carboxylic acids is 2. The van der Waals surface area contributed by atoms with Gasteiger partial charge in [-0.15, -0.1) is 11.3 Å². The second kappa shape index (κ2) is 3.98. The van der Waals surface area contributed by atoms with E-state index in [9.17, 15) is 9.59 Å². The van der Waals surface area contributed by atoms with E-state index in [1.807, 2.05) is 0 Å². The first-order valence-corrected chi connectivity index (χ1v) is 5.54. The minimum Gasteiger partial charge on any atom is -0.342 e. The molecule has 0 unspecified atom stereocenters. The first-order valence-electron chi connectivity index (χ1n) is 4.60. The second-order valence-corrected chi connectivity index (χ2v) is 4.13. The molecule has 0 aromatic carbocycles. The van der Waals surface area contributed by atoms with Gasteiger partial charge in [-0.3, -0.25) is 9.59 Å². The van der Waals surface area contributed by atoms with E-state index in [1.165, 1.54) is 16.2 Å². The lowest BCUT2D eigenvalue weighted by Gasteiger charge is -2.31. The van der Waals surface area contributed by atoms with Crippen molar-refractivity contribution in [1.82, 2.24) is 14.8 Å². The minimum absolute atomic E-state index is 0.0233. The van der Waals surface area contributed by atoms with E-state index in [0.717, 1.165) is 0 Å². The minimum atomic E-state index is -0.155. The number of nitrogens with zero attached hydrogens (tertiary/aromatic N) is 3. The Morgan fingerprint density at radius 2 is 2.33 bits per heavy atom. The molecule has 80 valence electrons. The average Bonchev–Trinajstić information content (AvgIpc) is 2.74. The van der Waals surface area contributed by atoms with Crippen molar-refractivity contribution in [2.24, 2.45) is 0 Å². The van der Waals surface area contributed by atoms with Gasteiger partial charge in [0.05, 0.1) is 5.51 Å². The van der Waals surface area contributed by atoms with Crippen LogP contribution < -0.4 is 0 Å². The lowest BCUT2D eigenvalue weighted by Crippen LogP contribution is -2.50. The number of hydrogen-bond acceptors (Lipinski definition) is 4. The third kappa shape index (κ3) is 1.99. The van der Waals surface area contributed by atoms with Crippen LogP contribution in [-0.2, 0) is 4.79 Å². The molecule has 1 saturated heterocycles. The fourth-order valence-corrected chi connectivity index (χ4v) is 1.94. The zero-order valence-electron chi connectivity index (χ0n) is 8.34. The summed E-state index contributed by atoms with van der Waals surface area (Å²) in [5.41, 5.74) is 2.04. The Morgan fingerprint density at radius 3 is 2.93 bits per heavy atom. The first-order chi connectivity index (χ1) is 7.18. The van der Waals surface area contributed by atoms with Crippen LogP contribution in [0.25, 0.3) is 0 Å². The van der Waals surface area contributed by atoms with E-state index in [2.05, 4.69) is 4.98 Å². The fraction of sp³-hybridized carbons (Fsp3) is 0.444. The highest BCUT2D eigenvalue weighted by molar-refractivity contribution is 7.07. The number of carbonyl (C=O) groups is 2.